The fraction of sp³-hybridized carbons (Fsp3) is 0.200. The van der Waals surface area contributed by atoms with Crippen LogP contribution in [-0.2, 0) is 6.42 Å². The largest absolute Gasteiger partial charge is 0.476 e. The third kappa shape index (κ3) is 1.81. The van der Waals surface area contributed by atoms with Gasteiger partial charge in [-0.15, -0.1) is 11.3 Å². The van der Waals surface area contributed by atoms with Crippen LogP contribution in [0.1, 0.15) is 23.0 Å². The molecule has 0 unspecified atom stereocenters. The molecule has 0 atom stereocenters. The lowest BCUT2D eigenvalue weighted by atomic mass is 10.2. The topological polar surface area (TPSA) is 76.2 Å². The molecule has 2 rings (SSSR count). The Morgan fingerprint density at radius 3 is 2.94 bits per heavy atom. The van der Waals surface area contributed by atoms with Gasteiger partial charge in [0, 0.05) is 0 Å². The number of aryl methyl sites for hydroxylation is 1. The van der Waals surface area contributed by atoms with Crippen molar-refractivity contribution in [1.82, 2.24) is 4.98 Å². The van der Waals surface area contributed by atoms with E-state index in [-0.39, 0.29) is 10.7 Å². The van der Waals surface area contributed by atoms with E-state index in [1.165, 1.54) is 16.9 Å². The maximum Gasteiger partial charge on any atom is 0.357 e. The summed E-state index contributed by atoms with van der Waals surface area (Å²) in [5.74, 6) is -1.07. The molecule has 0 bridgehead atoms. The summed E-state index contributed by atoms with van der Waals surface area (Å²) >= 11 is 2.79. The summed E-state index contributed by atoms with van der Waals surface area (Å²) in [4.78, 5) is 15.9. The van der Waals surface area contributed by atoms with E-state index in [0.29, 0.717) is 5.01 Å². The van der Waals surface area contributed by atoms with Crippen molar-refractivity contribution in [3.05, 3.63) is 22.7 Å². The Bertz CT molecular complexity index is 531. The molecule has 0 spiro atoms. The number of hydrogen-bond acceptors (Lipinski definition) is 5. The molecule has 0 aliphatic heterocycles. The molecule has 3 N–H and O–H groups in total. The van der Waals surface area contributed by atoms with E-state index in [1.54, 1.807) is 11.3 Å². The van der Waals surface area contributed by atoms with Crippen LogP contribution < -0.4 is 5.73 Å². The monoisotopic (exact) mass is 254 g/mol. The summed E-state index contributed by atoms with van der Waals surface area (Å²) < 4.78 is 0. The number of carboxylic acid groups (broad SMARTS) is 1. The summed E-state index contributed by atoms with van der Waals surface area (Å²) in [7, 11) is 0. The lowest BCUT2D eigenvalue weighted by Crippen LogP contribution is -2.00. The number of anilines is 1. The SMILES string of the molecule is CCc1ccsc1-c1nc(C(=O)O)c(N)s1. The van der Waals surface area contributed by atoms with E-state index in [1.807, 2.05) is 11.4 Å². The van der Waals surface area contributed by atoms with E-state index in [0.717, 1.165) is 11.3 Å². The standard InChI is InChI=1S/C10H10N2O2S2/c1-2-5-3-4-15-7(5)9-12-6(10(13)14)8(11)16-9/h3-4H,2,11H2,1H3,(H,13,14). The van der Waals surface area contributed by atoms with Crippen molar-refractivity contribution in [3.8, 4) is 9.88 Å². The normalized spacial score (nSPS) is 10.6. The maximum atomic E-state index is 10.8. The van der Waals surface area contributed by atoms with Crippen LogP contribution in [0.4, 0.5) is 5.00 Å². The second kappa shape index (κ2) is 4.23. The summed E-state index contributed by atoms with van der Waals surface area (Å²) in [6.45, 7) is 2.06. The number of rotatable bonds is 3. The minimum absolute atomic E-state index is 0.0459. The minimum Gasteiger partial charge on any atom is -0.476 e. The Labute approximate surface area is 100 Å². The molecule has 0 radical (unpaired) electrons. The summed E-state index contributed by atoms with van der Waals surface area (Å²) in [6.07, 6.45) is 0.903. The Balaban J connectivity index is 2.49. The Hall–Kier alpha value is -1.40. The molecule has 2 aromatic heterocycles. The van der Waals surface area contributed by atoms with Gasteiger partial charge in [0.05, 0.1) is 4.88 Å². The molecule has 0 amide bonds. The zero-order valence-corrected chi connectivity index (χ0v) is 10.2. The highest BCUT2D eigenvalue weighted by Crippen LogP contribution is 2.35. The number of thiazole rings is 1. The molecule has 0 aromatic carbocycles. The second-order valence-corrected chi connectivity index (χ2v) is 5.11. The number of nitrogens with zero attached hydrogens (tertiary/aromatic N) is 1. The van der Waals surface area contributed by atoms with Gasteiger partial charge in [-0.3, -0.25) is 0 Å². The van der Waals surface area contributed by atoms with Gasteiger partial charge in [-0.05, 0) is 23.4 Å². The quantitative estimate of drug-likeness (QED) is 0.883. The number of aromatic nitrogens is 1. The number of carboxylic acids is 1. The van der Waals surface area contributed by atoms with Crippen LogP contribution in [0.5, 0.6) is 0 Å². The van der Waals surface area contributed by atoms with Crippen molar-refractivity contribution in [1.29, 1.82) is 0 Å². The number of hydrogen-bond donors (Lipinski definition) is 2. The summed E-state index contributed by atoms with van der Waals surface area (Å²) in [6, 6.07) is 2.03. The van der Waals surface area contributed by atoms with E-state index in [9.17, 15) is 4.79 Å². The molecule has 0 saturated heterocycles. The fourth-order valence-electron chi connectivity index (χ4n) is 1.38. The van der Waals surface area contributed by atoms with E-state index < -0.39 is 5.97 Å². The number of carbonyl (C=O) groups is 1. The van der Waals surface area contributed by atoms with Crippen molar-refractivity contribution >= 4 is 33.6 Å². The smallest absolute Gasteiger partial charge is 0.357 e. The van der Waals surface area contributed by atoms with Crippen LogP contribution in [0.15, 0.2) is 11.4 Å². The van der Waals surface area contributed by atoms with Gasteiger partial charge in [0.2, 0.25) is 0 Å². The zero-order chi connectivity index (χ0) is 11.7. The van der Waals surface area contributed by atoms with Crippen LogP contribution in [-0.4, -0.2) is 16.1 Å². The molecule has 0 aliphatic carbocycles. The third-order valence-electron chi connectivity index (χ3n) is 2.18. The van der Waals surface area contributed by atoms with Crippen LogP contribution >= 0.6 is 22.7 Å². The van der Waals surface area contributed by atoms with Gasteiger partial charge in [-0.2, -0.15) is 0 Å². The van der Waals surface area contributed by atoms with E-state index in [2.05, 4.69) is 11.9 Å². The molecule has 0 aliphatic rings. The molecule has 6 heteroatoms. The zero-order valence-electron chi connectivity index (χ0n) is 8.56. The number of nitrogen functional groups attached to an aromatic ring is 1. The number of nitrogens with two attached hydrogens (primary N) is 1. The first kappa shape index (κ1) is 11.1. The maximum absolute atomic E-state index is 10.8. The molecule has 84 valence electrons. The molecule has 0 saturated carbocycles. The van der Waals surface area contributed by atoms with Crippen molar-refractivity contribution in [2.75, 3.05) is 5.73 Å². The van der Waals surface area contributed by atoms with Crippen LogP contribution in [0.25, 0.3) is 9.88 Å². The highest BCUT2D eigenvalue weighted by atomic mass is 32.1. The van der Waals surface area contributed by atoms with Crippen LogP contribution in [0, 0.1) is 0 Å². The number of aromatic carboxylic acids is 1. The third-order valence-corrected chi connectivity index (χ3v) is 4.17. The van der Waals surface area contributed by atoms with Gasteiger partial charge in [0.25, 0.3) is 0 Å². The van der Waals surface area contributed by atoms with Gasteiger partial charge >= 0.3 is 5.97 Å². The first-order chi connectivity index (χ1) is 7.63. The van der Waals surface area contributed by atoms with Crippen molar-refractivity contribution in [2.45, 2.75) is 13.3 Å². The Morgan fingerprint density at radius 2 is 2.38 bits per heavy atom. The fourth-order valence-corrected chi connectivity index (χ4v) is 3.33. The van der Waals surface area contributed by atoms with Gasteiger partial charge in [0.1, 0.15) is 10.0 Å². The van der Waals surface area contributed by atoms with Crippen molar-refractivity contribution < 1.29 is 9.90 Å². The predicted octanol–water partition coefficient (Wildman–Crippen LogP) is 2.71. The van der Waals surface area contributed by atoms with Gasteiger partial charge in [0.15, 0.2) is 5.69 Å². The second-order valence-electron chi connectivity index (χ2n) is 3.17. The molecule has 4 nitrogen and oxygen atoms in total. The van der Waals surface area contributed by atoms with Gasteiger partial charge < -0.3 is 10.8 Å². The molecule has 2 heterocycles. The predicted molar refractivity (Wildman–Crippen MR) is 66.2 cm³/mol. The van der Waals surface area contributed by atoms with Crippen LogP contribution in [0.2, 0.25) is 0 Å². The molecule has 0 fully saturated rings. The Kier molecular flexibility index (Phi) is 2.93. The minimum atomic E-state index is -1.07. The first-order valence-electron chi connectivity index (χ1n) is 4.69. The van der Waals surface area contributed by atoms with Crippen molar-refractivity contribution in [2.24, 2.45) is 0 Å². The van der Waals surface area contributed by atoms with Gasteiger partial charge in [-0.1, -0.05) is 18.3 Å². The lowest BCUT2D eigenvalue weighted by Gasteiger charge is -1.94. The van der Waals surface area contributed by atoms with Crippen LogP contribution in [0.3, 0.4) is 0 Å². The molecule has 16 heavy (non-hydrogen) atoms. The summed E-state index contributed by atoms with van der Waals surface area (Å²) in [5.41, 5.74) is 6.75. The van der Waals surface area contributed by atoms with Crippen molar-refractivity contribution in [3.63, 3.8) is 0 Å². The summed E-state index contributed by atoms with van der Waals surface area (Å²) in [5, 5.41) is 11.8. The van der Waals surface area contributed by atoms with E-state index in [4.69, 9.17) is 10.8 Å². The Morgan fingerprint density at radius 1 is 1.62 bits per heavy atom. The number of thiophene rings is 1. The van der Waals surface area contributed by atoms with E-state index >= 15 is 0 Å². The first-order valence-corrected chi connectivity index (χ1v) is 6.39. The molecule has 2 aromatic rings. The van der Waals surface area contributed by atoms with Gasteiger partial charge in [-0.25, -0.2) is 9.78 Å². The molecular weight excluding hydrogens is 244 g/mol. The average Bonchev–Trinajstić information content (AvgIpc) is 2.82. The highest BCUT2D eigenvalue weighted by molar-refractivity contribution is 7.23. The highest BCUT2D eigenvalue weighted by Gasteiger charge is 2.17. The lowest BCUT2D eigenvalue weighted by molar-refractivity contribution is 0.0692. The average molecular weight is 254 g/mol. The molecular formula is C10H10N2O2S2.